The van der Waals surface area contributed by atoms with E-state index in [2.05, 4.69) is 12.9 Å². The first-order chi connectivity index (χ1) is 13.6. The monoisotopic (exact) mass is 423 g/mol. The van der Waals surface area contributed by atoms with E-state index in [4.69, 9.17) is 18.7 Å². The van der Waals surface area contributed by atoms with E-state index in [1.165, 1.54) is 0 Å². The standard InChI is InChI=1S/C20H26NO7P/c1-14(2)18-11-21(8-9-22)19-10-16(6-7-17(18)19)26-13-29(5,24)27-12-25-20(23)28-15(3)4/h6-7,9-11,15,24H,1,5,8,12-13H2,2-4H3. The van der Waals surface area contributed by atoms with E-state index in [1.807, 2.05) is 19.2 Å². The number of carbonyl (C=O) groups excluding carboxylic acids is 2. The smallest absolute Gasteiger partial charge is 0.484 e. The van der Waals surface area contributed by atoms with Crippen LogP contribution in [0.5, 0.6) is 5.75 Å². The number of rotatable bonds is 10. The van der Waals surface area contributed by atoms with Crippen molar-refractivity contribution in [1.29, 1.82) is 0 Å². The van der Waals surface area contributed by atoms with Crippen LogP contribution in [0.1, 0.15) is 26.3 Å². The second-order valence-corrected chi connectivity index (χ2v) is 8.96. The van der Waals surface area contributed by atoms with E-state index in [0.717, 1.165) is 28.3 Å². The number of fused-ring (bicyclic) bond motifs is 1. The fourth-order valence-electron chi connectivity index (χ4n) is 2.54. The number of carbonyl (C=O) groups is 2. The predicted octanol–water partition coefficient (Wildman–Crippen LogP) is 4.02. The summed E-state index contributed by atoms with van der Waals surface area (Å²) in [6, 6.07) is 5.38. The zero-order valence-corrected chi connectivity index (χ0v) is 17.7. The summed E-state index contributed by atoms with van der Waals surface area (Å²) in [5.41, 5.74) is 2.64. The quantitative estimate of drug-likeness (QED) is 0.267. The maximum absolute atomic E-state index is 11.3. The number of allylic oxidation sites excluding steroid dienone is 1. The molecular formula is C20H26NO7P. The van der Waals surface area contributed by atoms with Crippen LogP contribution in [0.3, 0.4) is 0 Å². The molecule has 29 heavy (non-hydrogen) atoms. The molecule has 158 valence electrons. The van der Waals surface area contributed by atoms with Gasteiger partial charge >= 0.3 is 6.16 Å². The maximum atomic E-state index is 11.3. The van der Waals surface area contributed by atoms with Gasteiger partial charge in [0, 0.05) is 23.2 Å². The van der Waals surface area contributed by atoms with Crippen molar-refractivity contribution in [2.75, 3.05) is 13.1 Å². The minimum Gasteiger partial charge on any atom is -0.484 e. The normalized spacial score (nSPS) is 13.1. The number of aromatic nitrogens is 1. The summed E-state index contributed by atoms with van der Waals surface area (Å²) in [5.74, 6) is 0.474. The van der Waals surface area contributed by atoms with E-state index >= 15 is 0 Å². The van der Waals surface area contributed by atoms with Gasteiger partial charge < -0.3 is 28.5 Å². The molecule has 1 aromatic carbocycles. The zero-order valence-electron chi connectivity index (χ0n) is 16.8. The summed E-state index contributed by atoms with van der Waals surface area (Å²) in [6.45, 7) is 8.93. The molecule has 2 rings (SSSR count). The van der Waals surface area contributed by atoms with Crippen molar-refractivity contribution in [3.05, 3.63) is 36.5 Å². The molecule has 0 fully saturated rings. The van der Waals surface area contributed by atoms with Gasteiger partial charge in [0.15, 0.2) is 13.7 Å². The van der Waals surface area contributed by atoms with Crippen molar-refractivity contribution >= 4 is 42.6 Å². The molecule has 9 heteroatoms. The molecule has 1 aromatic heterocycles. The molecule has 0 saturated carbocycles. The van der Waals surface area contributed by atoms with Gasteiger partial charge in [-0.3, -0.25) is 4.52 Å². The van der Waals surface area contributed by atoms with Gasteiger partial charge in [-0.05, 0) is 44.8 Å². The zero-order chi connectivity index (χ0) is 21.6. The van der Waals surface area contributed by atoms with E-state index in [1.54, 1.807) is 30.5 Å². The predicted molar refractivity (Wildman–Crippen MR) is 113 cm³/mol. The summed E-state index contributed by atoms with van der Waals surface area (Å²) >= 11 is 0. The Hall–Kier alpha value is -2.54. The fraction of sp³-hybridized carbons (Fsp3) is 0.350. The number of hydrogen-bond donors (Lipinski definition) is 1. The van der Waals surface area contributed by atoms with Crippen LogP contribution >= 0.6 is 7.34 Å². The topological polar surface area (TPSA) is 96.2 Å². The van der Waals surface area contributed by atoms with Crippen LogP contribution < -0.4 is 4.74 Å². The number of aldehydes is 1. The van der Waals surface area contributed by atoms with Gasteiger partial charge in [-0.1, -0.05) is 6.58 Å². The Morgan fingerprint density at radius 2 is 2.10 bits per heavy atom. The molecule has 0 bridgehead atoms. The first kappa shape index (κ1) is 22.7. The molecule has 0 aliphatic carbocycles. The average Bonchev–Trinajstić information content (AvgIpc) is 2.98. The molecule has 0 saturated heterocycles. The highest BCUT2D eigenvalue weighted by atomic mass is 31.2. The van der Waals surface area contributed by atoms with Gasteiger partial charge in [-0.15, -0.1) is 0 Å². The fourth-order valence-corrected chi connectivity index (χ4v) is 3.22. The SMILES string of the molecule is C=C(C)c1cn(CC=O)c2cc(OCP(=C)(O)OCOC(=O)OC(C)C)ccc12. The molecule has 0 spiro atoms. The van der Waals surface area contributed by atoms with Gasteiger partial charge in [0.1, 0.15) is 12.0 Å². The Morgan fingerprint density at radius 3 is 2.72 bits per heavy atom. The maximum Gasteiger partial charge on any atom is 0.510 e. The first-order valence-electron chi connectivity index (χ1n) is 8.91. The van der Waals surface area contributed by atoms with Crippen molar-refractivity contribution in [3.63, 3.8) is 0 Å². The lowest BCUT2D eigenvalue weighted by molar-refractivity contribution is -0.108. The highest BCUT2D eigenvalue weighted by molar-refractivity contribution is 7.63. The van der Waals surface area contributed by atoms with Crippen LogP contribution in [0.2, 0.25) is 0 Å². The molecule has 1 unspecified atom stereocenters. The second-order valence-electron chi connectivity index (χ2n) is 6.75. The molecule has 1 N–H and O–H groups in total. The Balaban J connectivity index is 2.03. The molecule has 1 heterocycles. The van der Waals surface area contributed by atoms with Crippen molar-refractivity contribution in [3.8, 4) is 5.75 Å². The van der Waals surface area contributed by atoms with Crippen molar-refractivity contribution < 1.29 is 33.2 Å². The minimum atomic E-state index is -3.18. The highest BCUT2D eigenvalue weighted by Crippen LogP contribution is 2.41. The van der Waals surface area contributed by atoms with Gasteiger partial charge in [0.2, 0.25) is 6.79 Å². The summed E-state index contributed by atoms with van der Waals surface area (Å²) in [6.07, 6.45) is 4.86. The van der Waals surface area contributed by atoms with Gasteiger partial charge in [0.05, 0.1) is 18.2 Å². The summed E-state index contributed by atoms with van der Waals surface area (Å²) < 4.78 is 22.1. The lowest BCUT2D eigenvalue weighted by Crippen LogP contribution is -2.15. The molecular weight excluding hydrogens is 397 g/mol. The number of benzene rings is 1. The van der Waals surface area contributed by atoms with Crippen LogP contribution in [0.15, 0.2) is 31.0 Å². The Labute approximate surface area is 169 Å². The number of hydrogen-bond acceptors (Lipinski definition) is 7. The van der Waals surface area contributed by atoms with E-state index in [9.17, 15) is 14.5 Å². The molecule has 8 nitrogen and oxygen atoms in total. The summed E-state index contributed by atoms with van der Waals surface area (Å²) in [4.78, 5) is 32.5. The number of nitrogens with zero attached hydrogens (tertiary/aromatic N) is 1. The Bertz CT molecular complexity index is 948. The molecule has 2 aromatic rings. The Morgan fingerprint density at radius 1 is 1.38 bits per heavy atom. The van der Waals surface area contributed by atoms with Crippen molar-refractivity contribution in [2.24, 2.45) is 0 Å². The third-order valence-corrected chi connectivity index (χ3v) is 4.94. The summed E-state index contributed by atoms with van der Waals surface area (Å²) in [5, 5.41) is 0.944. The molecule has 0 amide bonds. The van der Waals surface area contributed by atoms with Crippen LogP contribution in [0.4, 0.5) is 4.79 Å². The van der Waals surface area contributed by atoms with Gasteiger partial charge in [0.25, 0.3) is 0 Å². The van der Waals surface area contributed by atoms with E-state index in [0.29, 0.717) is 5.75 Å². The largest absolute Gasteiger partial charge is 0.510 e. The van der Waals surface area contributed by atoms with E-state index < -0.39 is 20.3 Å². The third kappa shape index (κ3) is 6.49. The lowest BCUT2D eigenvalue weighted by Gasteiger charge is -2.18. The minimum absolute atomic E-state index is 0.201. The van der Waals surface area contributed by atoms with Crippen molar-refractivity contribution in [1.82, 2.24) is 4.57 Å². The third-order valence-electron chi connectivity index (χ3n) is 3.82. The molecule has 1 atom stereocenters. The lowest BCUT2D eigenvalue weighted by atomic mass is 10.1. The average molecular weight is 423 g/mol. The van der Waals surface area contributed by atoms with Gasteiger partial charge in [-0.2, -0.15) is 0 Å². The molecule has 0 aliphatic heterocycles. The second kappa shape index (κ2) is 9.78. The van der Waals surface area contributed by atoms with Crippen LogP contribution in [0.25, 0.3) is 16.5 Å². The molecule has 0 radical (unpaired) electrons. The number of ether oxygens (including phenoxy) is 3. The van der Waals surface area contributed by atoms with Gasteiger partial charge in [-0.25, -0.2) is 4.79 Å². The van der Waals surface area contributed by atoms with Crippen molar-refractivity contribution in [2.45, 2.75) is 33.4 Å². The van der Waals surface area contributed by atoms with Crippen LogP contribution in [-0.4, -0.2) is 47.4 Å². The first-order valence-corrected chi connectivity index (χ1v) is 10.9. The van der Waals surface area contributed by atoms with Crippen LogP contribution in [0, 0.1) is 0 Å². The Kier molecular flexibility index (Phi) is 7.67. The summed E-state index contributed by atoms with van der Waals surface area (Å²) in [7, 11) is -3.18. The van der Waals surface area contributed by atoms with Crippen LogP contribution in [-0.2, 0) is 25.3 Å². The highest BCUT2D eigenvalue weighted by Gasteiger charge is 2.16. The van der Waals surface area contributed by atoms with E-state index in [-0.39, 0.29) is 19.0 Å². The molecule has 0 aliphatic rings.